The van der Waals surface area contributed by atoms with Gasteiger partial charge in [0.15, 0.2) is 0 Å². The van der Waals surface area contributed by atoms with Crippen LogP contribution in [0, 0.1) is 0 Å². The lowest BCUT2D eigenvalue weighted by Gasteiger charge is -2.31. The molecule has 0 spiro atoms. The van der Waals surface area contributed by atoms with Gasteiger partial charge in [-0.2, -0.15) is 0 Å². The highest BCUT2D eigenvalue weighted by atomic mass is 16.5. The van der Waals surface area contributed by atoms with Crippen molar-refractivity contribution in [3.05, 3.63) is 95.6 Å². The lowest BCUT2D eigenvalue weighted by atomic mass is 9.92. The fourth-order valence-corrected chi connectivity index (χ4v) is 4.52. The number of ether oxygens (including phenoxy) is 2. The monoisotopic (exact) mass is 467 g/mol. The van der Waals surface area contributed by atoms with E-state index in [9.17, 15) is 4.79 Å². The minimum atomic E-state index is -0.442. The van der Waals surface area contributed by atoms with Gasteiger partial charge in [0.1, 0.15) is 5.75 Å². The van der Waals surface area contributed by atoms with Gasteiger partial charge in [0.25, 0.3) is 0 Å². The zero-order chi connectivity index (χ0) is 24.2. The molecule has 3 aromatic carbocycles. The Balaban J connectivity index is 1.74. The Morgan fingerprint density at radius 3 is 2.60 bits per heavy atom. The third-order valence-electron chi connectivity index (χ3n) is 6.13. The molecular formula is C29H29N3O3. The topological polar surface area (TPSA) is 65.4 Å². The van der Waals surface area contributed by atoms with Crippen LogP contribution in [0.2, 0.25) is 0 Å². The molecule has 0 unspecified atom stereocenters. The average molecular weight is 468 g/mol. The van der Waals surface area contributed by atoms with Crippen LogP contribution in [0.25, 0.3) is 16.7 Å². The number of para-hydroxylation sites is 2. The molecule has 0 fully saturated rings. The van der Waals surface area contributed by atoms with Gasteiger partial charge in [-0.15, -0.1) is 0 Å². The third kappa shape index (κ3) is 4.39. The first kappa shape index (κ1) is 22.7. The molecule has 6 heteroatoms. The number of fused-ring (bicyclic) bond motifs is 3. The molecular weight excluding hydrogens is 438 g/mol. The Morgan fingerprint density at radius 2 is 1.80 bits per heavy atom. The van der Waals surface area contributed by atoms with Crippen LogP contribution in [-0.2, 0) is 9.53 Å². The quantitative estimate of drug-likeness (QED) is 0.247. The van der Waals surface area contributed by atoms with Crippen LogP contribution in [0.4, 0.5) is 5.95 Å². The molecule has 6 nitrogen and oxygen atoms in total. The standard InChI is InChI=1S/C29H29N3O3/c1-3-5-18-35-22-15-11-14-21(19-22)27-25(28(33)34-4-2)26(20-12-7-6-8-13-20)31-29-30-23-16-9-10-17-24(23)32(27)29/h6-17,19,27H,3-5,18H2,1-2H3,(H,30,31)/t27-/m0/s1. The molecule has 1 atom stereocenters. The van der Waals surface area contributed by atoms with Gasteiger partial charge in [-0.25, -0.2) is 9.78 Å². The van der Waals surface area contributed by atoms with E-state index >= 15 is 0 Å². The number of carbonyl (C=O) groups is 1. The second kappa shape index (κ2) is 10.1. The van der Waals surface area contributed by atoms with Crippen molar-refractivity contribution in [2.45, 2.75) is 32.7 Å². The molecule has 4 aromatic rings. The van der Waals surface area contributed by atoms with Crippen molar-refractivity contribution in [2.24, 2.45) is 0 Å². The SMILES string of the molecule is CCCCOc1cccc([C@H]2C(C(=O)OCC)=C(c3ccccc3)Nc3nc4ccccc4n32)c1. The highest BCUT2D eigenvalue weighted by Gasteiger charge is 2.36. The molecule has 1 aromatic heterocycles. The van der Waals surface area contributed by atoms with E-state index in [0.29, 0.717) is 23.8 Å². The van der Waals surface area contributed by atoms with Gasteiger partial charge in [0, 0.05) is 0 Å². The van der Waals surface area contributed by atoms with Gasteiger partial charge in [-0.05, 0) is 48.7 Å². The van der Waals surface area contributed by atoms with Gasteiger partial charge in [-0.3, -0.25) is 4.57 Å². The average Bonchev–Trinajstić information content (AvgIpc) is 3.27. The third-order valence-corrected chi connectivity index (χ3v) is 6.13. The molecule has 0 bridgehead atoms. The van der Waals surface area contributed by atoms with E-state index in [4.69, 9.17) is 14.5 Å². The van der Waals surface area contributed by atoms with Crippen molar-refractivity contribution in [3.8, 4) is 5.75 Å². The van der Waals surface area contributed by atoms with Crippen LogP contribution in [0.15, 0.2) is 84.4 Å². The van der Waals surface area contributed by atoms with Gasteiger partial charge in [0.2, 0.25) is 5.95 Å². The van der Waals surface area contributed by atoms with Gasteiger partial charge in [-0.1, -0.05) is 67.9 Å². The summed E-state index contributed by atoms with van der Waals surface area (Å²) in [5.74, 6) is 1.11. The smallest absolute Gasteiger partial charge is 0.338 e. The Morgan fingerprint density at radius 1 is 1.00 bits per heavy atom. The molecule has 1 N–H and O–H groups in total. The molecule has 0 radical (unpaired) electrons. The maximum Gasteiger partial charge on any atom is 0.338 e. The molecule has 0 aliphatic carbocycles. The fourth-order valence-electron chi connectivity index (χ4n) is 4.52. The lowest BCUT2D eigenvalue weighted by molar-refractivity contribution is -0.138. The largest absolute Gasteiger partial charge is 0.494 e. The Bertz CT molecular complexity index is 1370. The maximum absolute atomic E-state index is 13.5. The van der Waals surface area contributed by atoms with E-state index in [1.807, 2.05) is 85.8 Å². The molecule has 1 aliphatic heterocycles. The normalized spacial score (nSPS) is 15.0. The summed E-state index contributed by atoms with van der Waals surface area (Å²) in [6.45, 7) is 4.91. The van der Waals surface area contributed by atoms with Gasteiger partial charge in [0.05, 0.1) is 41.6 Å². The number of aromatic nitrogens is 2. The minimum Gasteiger partial charge on any atom is -0.494 e. The molecule has 1 aliphatic rings. The number of anilines is 1. The molecule has 2 heterocycles. The molecule has 5 rings (SSSR count). The predicted octanol–water partition coefficient (Wildman–Crippen LogP) is 6.20. The number of hydrogen-bond acceptors (Lipinski definition) is 5. The number of benzene rings is 3. The fraction of sp³-hybridized carbons (Fsp3) is 0.241. The zero-order valence-electron chi connectivity index (χ0n) is 20.0. The molecule has 0 saturated heterocycles. The van der Waals surface area contributed by atoms with E-state index in [1.54, 1.807) is 0 Å². The second-order valence-corrected chi connectivity index (χ2v) is 8.47. The van der Waals surface area contributed by atoms with Crippen LogP contribution < -0.4 is 10.1 Å². The van der Waals surface area contributed by atoms with E-state index in [1.165, 1.54) is 0 Å². The first-order valence-corrected chi connectivity index (χ1v) is 12.1. The minimum absolute atomic E-state index is 0.287. The van der Waals surface area contributed by atoms with Crippen molar-refractivity contribution in [1.29, 1.82) is 0 Å². The second-order valence-electron chi connectivity index (χ2n) is 8.47. The van der Waals surface area contributed by atoms with Crippen molar-refractivity contribution >= 4 is 28.6 Å². The van der Waals surface area contributed by atoms with E-state index in [0.717, 1.165) is 40.8 Å². The number of nitrogens with one attached hydrogen (secondary N) is 1. The summed E-state index contributed by atoms with van der Waals surface area (Å²) >= 11 is 0. The summed E-state index contributed by atoms with van der Waals surface area (Å²) in [5, 5.41) is 3.45. The summed E-state index contributed by atoms with van der Waals surface area (Å²) in [4.78, 5) is 18.4. The Hall–Kier alpha value is -4.06. The van der Waals surface area contributed by atoms with Crippen LogP contribution in [-0.4, -0.2) is 28.7 Å². The number of hydrogen-bond donors (Lipinski definition) is 1. The number of esters is 1. The molecule has 178 valence electrons. The summed E-state index contributed by atoms with van der Waals surface area (Å²) < 4.78 is 13.7. The summed E-state index contributed by atoms with van der Waals surface area (Å²) in [6.07, 6.45) is 2.05. The lowest BCUT2D eigenvalue weighted by Crippen LogP contribution is -2.29. The van der Waals surface area contributed by atoms with Crippen LogP contribution in [0.1, 0.15) is 43.9 Å². The van der Waals surface area contributed by atoms with Crippen molar-refractivity contribution in [3.63, 3.8) is 0 Å². The van der Waals surface area contributed by atoms with E-state index in [-0.39, 0.29) is 12.6 Å². The summed E-state index contributed by atoms with van der Waals surface area (Å²) in [5.41, 5.74) is 4.86. The molecule has 0 amide bonds. The number of nitrogens with zero attached hydrogens (tertiary/aromatic N) is 2. The number of rotatable bonds is 8. The predicted molar refractivity (Wildman–Crippen MR) is 138 cm³/mol. The highest BCUT2D eigenvalue weighted by Crippen LogP contribution is 2.42. The van der Waals surface area contributed by atoms with Gasteiger partial charge < -0.3 is 14.8 Å². The van der Waals surface area contributed by atoms with Crippen LogP contribution in [0.5, 0.6) is 5.75 Å². The Kier molecular flexibility index (Phi) is 6.53. The summed E-state index contributed by atoms with van der Waals surface area (Å²) in [6, 6.07) is 25.4. The van der Waals surface area contributed by atoms with E-state index < -0.39 is 6.04 Å². The number of unbranched alkanes of at least 4 members (excludes halogenated alkanes) is 1. The zero-order valence-corrected chi connectivity index (χ0v) is 20.0. The van der Waals surface area contributed by atoms with Gasteiger partial charge >= 0.3 is 5.97 Å². The van der Waals surface area contributed by atoms with Crippen molar-refractivity contribution in [2.75, 3.05) is 18.5 Å². The Labute approximate surface area is 205 Å². The van der Waals surface area contributed by atoms with Crippen molar-refractivity contribution in [1.82, 2.24) is 9.55 Å². The number of carbonyl (C=O) groups excluding carboxylic acids is 1. The first-order valence-electron chi connectivity index (χ1n) is 12.1. The molecule has 35 heavy (non-hydrogen) atoms. The van der Waals surface area contributed by atoms with Crippen LogP contribution >= 0.6 is 0 Å². The van der Waals surface area contributed by atoms with E-state index in [2.05, 4.69) is 16.8 Å². The summed E-state index contributed by atoms with van der Waals surface area (Å²) in [7, 11) is 0. The van der Waals surface area contributed by atoms with Crippen LogP contribution in [0.3, 0.4) is 0 Å². The number of imidazole rings is 1. The maximum atomic E-state index is 13.5. The molecule has 0 saturated carbocycles. The first-order chi connectivity index (χ1) is 17.2. The highest BCUT2D eigenvalue weighted by molar-refractivity contribution is 6.03. The van der Waals surface area contributed by atoms with Crippen molar-refractivity contribution < 1.29 is 14.3 Å².